The number of hydrogen-bond acceptors (Lipinski definition) is 7. The standard InChI is InChI=1S/C27H32N6O2/c1-4-24(34)33-14-13-32(17-20(33)10-12-28)25-21-9-11-27(15-23(21)29-26(30-25)35-3)18-31(2)16-19-7-5-6-8-22(19)27/h4-8,20H,1,9-11,13-18H2,2-3H3. The van der Waals surface area contributed by atoms with Gasteiger partial charge >= 0.3 is 6.01 Å². The number of piperazine rings is 1. The average molecular weight is 473 g/mol. The summed E-state index contributed by atoms with van der Waals surface area (Å²) in [5, 5.41) is 9.38. The van der Waals surface area contributed by atoms with E-state index in [4.69, 9.17) is 14.7 Å². The van der Waals surface area contributed by atoms with Gasteiger partial charge in [-0.05, 0) is 37.1 Å². The van der Waals surface area contributed by atoms with Gasteiger partial charge in [-0.2, -0.15) is 15.2 Å². The Kier molecular flexibility index (Phi) is 6.20. The number of amides is 1. The Hall–Kier alpha value is -3.44. The highest BCUT2D eigenvalue weighted by atomic mass is 16.5. The first-order chi connectivity index (χ1) is 17.0. The molecular weight excluding hydrogens is 440 g/mol. The van der Waals surface area contributed by atoms with E-state index in [2.05, 4.69) is 53.8 Å². The van der Waals surface area contributed by atoms with Crippen LogP contribution in [0.1, 0.15) is 35.2 Å². The van der Waals surface area contributed by atoms with Crippen LogP contribution in [0.25, 0.3) is 0 Å². The van der Waals surface area contributed by atoms with Crippen molar-refractivity contribution in [1.82, 2.24) is 19.8 Å². The summed E-state index contributed by atoms with van der Waals surface area (Å²) >= 11 is 0. The maximum atomic E-state index is 12.4. The van der Waals surface area contributed by atoms with Crippen molar-refractivity contribution in [1.29, 1.82) is 5.26 Å². The molecule has 2 unspecified atom stereocenters. The molecule has 0 saturated carbocycles. The van der Waals surface area contributed by atoms with E-state index in [0.717, 1.165) is 43.9 Å². The molecule has 1 aliphatic carbocycles. The molecule has 1 saturated heterocycles. The normalized spacial score (nSPS) is 23.9. The molecule has 0 bridgehead atoms. The molecule has 3 heterocycles. The molecule has 0 radical (unpaired) electrons. The molecule has 2 aromatic rings. The van der Waals surface area contributed by atoms with E-state index in [1.54, 1.807) is 12.0 Å². The number of fused-ring (bicyclic) bond motifs is 3. The van der Waals surface area contributed by atoms with E-state index >= 15 is 0 Å². The lowest BCUT2D eigenvalue weighted by atomic mass is 9.65. The Labute approximate surface area is 206 Å². The third kappa shape index (κ3) is 4.14. The molecule has 2 aliphatic heterocycles. The minimum atomic E-state index is -0.204. The van der Waals surface area contributed by atoms with Crippen molar-refractivity contribution in [2.45, 2.75) is 43.7 Å². The van der Waals surface area contributed by atoms with Gasteiger partial charge in [0.15, 0.2) is 0 Å². The zero-order valence-corrected chi connectivity index (χ0v) is 20.5. The topological polar surface area (TPSA) is 85.6 Å². The fraction of sp³-hybridized carbons (Fsp3) is 0.481. The highest BCUT2D eigenvalue weighted by molar-refractivity contribution is 5.87. The van der Waals surface area contributed by atoms with Gasteiger partial charge in [0, 0.05) is 50.1 Å². The van der Waals surface area contributed by atoms with Crippen LogP contribution in [0.3, 0.4) is 0 Å². The Bertz CT molecular complexity index is 1190. The van der Waals surface area contributed by atoms with Crippen molar-refractivity contribution in [3.05, 3.63) is 59.3 Å². The number of rotatable bonds is 4. The van der Waals surface area contributed by atoms with Crippen LogP contribution in [0.4, 0.5) is 5.82 Å². The van der Waals surface area contributed by atoms with Crippen LogP contribution in [-0.2, 0) is 29.6 Å². The monoisotopic (exact) mass is 472 g/mol. The number of nitrogens with zero attached hydrogens (tertiary/aromatic N) is 6. The van der Waals surface area contributed by atoms with Crippen molar-refractivity contribution in [2.75, 3.05) is 45.2 Å². The zero-order chi connectivity index (χ0) is 24.6. The van der Waals surface area contributed by atoms with Gasteiger partial charge in [-0.3, -0.25) is 4.79 Å². The predicted molar refractivity (Wildman–Crippen MR) is 133 cm³/mol. The van der Waals surface area contributed by atoms with E-state index < -0.39 is 0 Å². The number of carbonyl (C=O) groups excluding carboxylic acids is 1. The molecule has 0 N–H and O–H groups in total. The van der Waals surface area contributed by atoms with Gasteiger partial charge in [0.2, 0.25) is 5.91 Å². The Morgan fingerprint density at radius 2 is 2.17 bits per heavy atom. The summed E-state index contributed by atoms with van der Waals surface area (Å²) in [6.45, 7) is 7.31. The molecule has 35 heavy (non-hydrogen) atoms. The van der Waals surface area contributed by atoms with Crippen LogP contribution >= 0.6 is 0 Å². The molecule has 182 valence electrons. The fourth-order valence-electron chi connectivity index (χ4n) is 6.25. The smallest absolute Gasteiger partial charge is 0.318 e. The van der Waals surface area contributed by atoms with Crippen LogP contribution < -0.4 is 9.64 Å². The second-order valence-corrected chi connectivity index (χ2v) is 9.94. The van der Waals surface area contributed by atoms with Crippen LogP contribution in [0.5, 0.6) is 6.01 Å². The minimum Gasteiger partial charge on any atom is -0.467 e. The number of hydrogen-bond donors (Lipinski definition) is 0. The number of ether oxygens (including phenoxy) is 1. The first-order valence-electron chi connectivity index (χ1n) is 12.2. The molecule has 1 fully saturated rings. The molecule has 2 atom stereocenters. The van der Waals surface area contributed by atoms with E-state index in [1.807, 2.05) is 0 Å². The number of carbonyl (C=O) groups is 1. The highest BCUT2D eigenvalue weighted by Crippen LogP contribution is 2.45. The molecule has 1 aromatic heterocycles. The van der Waals surface area contributed by atoms with E-state index in [0.29, 0.717) is 25.6 Å². The zero-order valence-electron chi connectivity index (χ0n) is 20.5. The first kappa shape index (κ1) is 23.3. The fourth-order valence-corrected chi connectivity index (χ4v) is 6.25. The lowest BCUT2D eigenvalue weighted by molar-refractivity contribution is -0.128. The van der Waals surface area contributed by atoms with Gasteiger partial charge < -0.3 is 19.4 Å². The summed E-state index contributed by atoms with van der Waals surface area (Å²) in [6.07, 6.45) is 4.35. The SMILES string of the molecule is C=CC(=O)N1CCN(c2nc(OC)nc3c2CCC2(C3)CN(C)Cc3ccccc32)CC1CC#N. The molecule has 8 nitrogen and oxygen atoms in total. The van der Waals surface area contributed by atoms with Crippen molar-refractivity contribution in [2.24, 2.45) is 0 Å². The molecular formula is C27H32N6O2. The summed E-state index contributed by atoms with van der Waals surface area (Å²) < 4.78 is 5.54. The number of nitriles is 1. The number of methoxy groups -OCH3 is 1. The number of benzene rings is 1. The quantitative estimate of drug-likeness (QED) is 0.632. The van der Waals surface area contributed by atoms with Crippen LogP contribution in [0, 0.1) is 11.3 Å². The summed E-state index contributed by atoms with van der Waals surface area (Å²) in [5.41, 5.74) is 5.07. The molecule has 8 heteroatoms. The van der Waals surface area contributed by atoms with E-state index in [-0.39, 0.29) is 23.8 Å². The highest BCUT2D eigenvalue weighted by Gasteiger charge is 2.43. The lowest BCUT2D eigenvalue weighted by Crippen LogP contribution is -2.55. The molecule has 1 amide bonds. The Balaban J connectivity index is 1.50. The first-order valence-corrected chi connectivity index (χ1v) is 12.2. The van der Waals surface area contributed by atoms with Crippen molar-refractivity contribution in [3.8, 4) is 12.1 Å². The van der Waals surface area contributed by atoms with Gasteiger partial charge in [0.25, 0.3) is 0 Å². The van der Waals surface area contributed by atoms with Gasteiger partial charge in [-0.15, -0.1) is 0 Å². The van der Waals surface area contributed by atoms with E-state index in [9.17, 15) is 10.1 Å². The molecule has 3 aliphatic rings. The summed E-state index contributed by atoms with van der Waals surface area (Å²) in [5.74, 6) is 0.752. The van der Waals surface area contributed by atoms with Crippen LogP contribution in [0.2, 0.25) is 0 Å². The predicted octanol–water partition coefficient (Wildman–Crippen LogP) is 2.47. The third-order valence-corrected chi connectivity index (χ3v) is 7.76. The lowest BCUT2D eigenvalue weighted by Gasteiger charge is -2.46. The largest absolute Gasteiger partial charge is 0.467 e. The van der Waals surface area contributed by atoms with Crippen LogP contribution in [0.15, 0.2) is 36.9 Å². The van der Waals surface area contributed by atoms with Crippen molar-refractivity contribution < 1.29 is 9.53 Å². The maximum absolute atomic E-state index is 12.4. The Morgan fingerprint density at radius 1 is 1.34 bits per heavy atom. The molecule has 5 rings (SSSR count). The number of anilines is 1. The van der Waals surface area contributed by atoms with Crippen molar-refractivity contribution >= 4 is 11.7 Å². The van der Waals surface area contributed by atoms with Gasteiger partial charge in [0.05, 0.1) is 31.3 Å². The van der Waals surface area contributed by atoms with E-state index in [1.165, 1.54) is 22.8 Å². The van der Waals surface area contributed by atoms with Crippen LogP contribution in [-0.4, -0.2) is 72.1 Å². The Morgan fingerprint density at radius 3 is 2.94 bits per heavy atom. The van der Waals surface area contributed by atoms with Gasteiger partial charge in [0.1, 0.15) is 5.82 Å². The summed E-state index contributed by atoms with van der Waals surface area (Å²) in [6, 6.07) is 11.2. The minimum absolute atomic E-state index is 0.0195. The van der Waals surface area contributed by atoms with Crippen molar-refractivity contribution in [3.63, 3.8) is 0 Å². The summed E-state index contributed by atoms with van der Waals surface area (Å²) in [4.78, 5) is 28.3. The maximum Gasteiger partial charge on any atom is 0.318 e. The average Bonchev–Trinajstić information content (AvgIpc) is 2.87. The van der Waals surface area contributed by atoms with Gasteiger partial charge in [-0.25, -0.2) is 0 Å². The number of likely N-dealkylation sites (N-methyl/N-ethyl adjacent to an activating group) is 1. The number of aromatic nitrogens is 2. The molecule has 1 aromatic carbocycles. The molecule has 1 spiro atoms. The summed E-state index contributed by atoms with van der Waals surface area (Å²) in [7, 11) is 3.80. The second kappa shape index (κ2) is 9.31. The third-order valence-electron chi connectivity index (χ3n) is 7.76. The van der Waals surface area contributed by atoms with Gasteiger partial charge in [-0.1, -0.05) is 30.8 Å². The second-order valence-electron chi connectivity index (χ2n) is 9.94.